The first kappa shape index (κ1) is 69.2. The van der Waals surface area contributed by atoms with Gasteiger partial charge in [0.05, 0.1) is 95.7 Å². The Labute approximate surface area is 502 Å². The highest BCUT2D eigenvalue weighted by atomic mass is 16.6. The molecule has 0 aliphatic heterocycles. The van der Waals surface area contributed by atoms with Crippen molar-refractivity contribution in [3.8, 4) is 0 Å². The van der Waals surface area contributed by atoms with Gasteiger partial charge in [-0.2, -0.15) is 0 Å². The van der Waals surface area contributed by atoms with Crippen LogP contribution in [0.1, 0.15) is 79.9 Å². The Kier molecular flexibility index (Phi) is 29.7. The van der Waals surface area contributed by atoms with Crippen LogP contribution in [0.2, 0.25) is 0 Å². The number of aliphatic carboxylic acids is 1. The lowest BCUT2D eigenvalue weighted by atomic mass is 9.73. The second kappa shape index (κ2) is 36.5. The highest BCUT2D eigenvalue weighted by molar-refractivity contribution is 6.03. The topological polar surface area (TPSA) is 198 Å². The summed E-state index contributed by atoms with van der Waals surface area (Å²) in [5.41, 5.74) is 1.91. The van der Waals surface area contributed by atoms with Gasteiger partial charge in [-0.3, -0.25) is 24.0 Å². The minimum atomic E-state index is -0.905. The molecule has 0 bridgehead atoms. The zero-order chi connectivity index (χ0) is 61.8. The molecule has 0 spiro atoms. The van der Waals surface area contributed by atoms with Gasteiger partial charge in [-0.1, -0.05) is 159 Å². The van der Waals surface area contributed by atoms with Crippen molar-refractivity contribution in [3.05, 3.63) is 120 Å². The molecule has 6 rings (SSSR count). The maximum Gasteiger partial charge on any atom is 0.309 e. The van der Waals surface area contributed by atoms with E-state index in [4.69, 9.17) is 47.4 Å². The van der Waals surface area contributed by atoms with Crippen LogP contribution in [0.3, 0.4) is 0 Å². The molecule has 6 aromatic rings. The maximum atomic E-state index is 13.5. The fourth-order valence-corrected chi connectivity index (χ4v) is 10.9. The molecule has 0 fully saturated rings. The number of carboxylic acid groups (broad SMARTS) is 1. The molecular formula is C69H92O16. The van der Waals surface area contributed by atoms with Crippen LogP contribution in [0.4, 0.5) is 0 Å². The molecule has 16 nitrogen and oxygen atoms in total. The van der Waals surface area contributed by atoms with Crippen LogP contribution in [0.15, 0.2) is 109 Å². The predicted molar refractivity (Wildman–Crippen MR) is 330 cm³/mol. The summed E-state index contributed by atoms with van der Waals surface area (Å²) in [6.07, 6.45) is 0.274. The molecular weight excluding hydrogens is 1080 g/mol. The molecule has 6 aromatic carbocycles. The lowest BCUT2D eigenvalue weighted by molar-refractivity contribution is -0.161. The molecule has 8 atom stereocenters. The SMILES string of the molecule is COCCOCCOCCOC(=O)C(C(C)C)C(C)C(C)C(=O)OCc1c2ccccc2cc2ccccc12.COCCOCCOCCOC(=O)C(C(C)CC(C(=O)O)C(C)C)C(C)C(C)C(=O)OCc1c2ccccc2cc2ccccc12. The van der Waals surface area contributed by atoms with Crippen molar-refractivity contribution in [1.82, 2.24) is 0 Å². The third-order valence-electron chi connectivity index (χ3n) is 16.1. The first-order valence-electron chi connectivity index (χ1n) is 29.9. The number of carboxylic acids is 1. The molecule has 464 valence electrons. The smallest absolute Gasteiger partial charge is 0.309 e. The summed E-state index contributed by atoms with van der Waals surface area (Å²) in [4.78, 5) is 65.2. The summed E-state index contributed by atoms with van der Waals surface area (Å²) >= 11 is 0. The number of ether oxygens (including phenoxy) is 10. The molecule has 0 aliphatic rings. The van der Waals surface area contributed by atoms with Crippen molar-refractivity contribution in [2.45, 2.75) is 81.9 Å². The van der Waals surface area contributed by atoms with Crippen LogP contribution in [-0.4, -0.2) is 128 Å². The van der Waals surface area contributed by atoms with Crippen molar-refractivity contribution in [2.75, 3.05) is 93.5 Å². The number of fused-ring (bicyclic) bond motifs is 4. The zero-order valence-electron chi connectivity index (χ0n) is 51.8. The number of benzene rings is 6. The summed E-state index contributed by atoms with van der Waals surface area (Å²) in [6.45, 7) is 21.4. The summed E-state index contributed by atoms with van der Waals surface area (Å²) in [5, 5.41) is 18.3. The van der Waals surface area contributed by atoms with Crippen molar-refractivity contribution in [2.24, 2.45) is 59.2 Å². The van der Waals surface area contributed by atoms with E-state index in [0.717, 1.165) is 54.2 Å². The molecule has 0 saturated heterocycles. The van der Waals surface area contributed by atoms with E-state index < -0.39 is 53.4 Å². The van der Waals surface area contributed by atoms with Gasteiger partial charge in [0.1, 0.15) is 26.4 Å². The Bertz CT molecular complexity index is 2920. The lowest BCUT2D eigenvalue weighted by Crippen LogP contribution is -2.38. The average molecular weight is 1180 g/mol. The summed E-state index contributed by atoms with van der Waals surface area (Å²) in [6, 6.07) is 36.6. The highest BCUT2D eigenvalue weighted by Crippen LogP contribution is 2.37. The summed E-state index contributed by atoms with van der Waals surface area (Å²) in [7, 11) is 3.22. The molecule has 0 amide bonds. The number of methoxy groups -OCH3 is 2. The maximum absolute atomic E-state index is 13.5. The van der Waals surface area contributed by atoms with Crippen LogP contribution in [0, 0.1) is 59.2 Å². The lowest BCUT2D eigenvalue weighted by Gasteiger charge is -2.32. The van der Waals surface area contributed by atoms with Gasteiger partial charge in [-0.25, -0.2) is 0 Å². The van der Waals surface area contributed by atoms with Gasteiger partial charge in [0.15, 0.2) is 0 Å². The largest absolute Gasteiger partial charge is 0.481 e. The molecule has 85 heavy (non-hydrogen) atoms. The first-order valence-corrected chi connectivity index (χ1v) is 29.9. The average Bonchev–Trinajstić information content (AvgIpc) is 2.32. The monoisotopic (exact) mass is 1180 g/mol. The van der Waals surface area contributed by atoms with Crippen LogP contribution in [-0.2, 0) is 84.6 Å². The van der Waals surface area contributed by atoms with E-state index >= 15 is 0 Å². The van der Waals surface area contributed by atoms with Crippen molar-refractivity contribution in [3.63, 3.8) is 0 Å². The van der Waals surface area contributed by atoms with E-state index in [1.165, 1.54) is 0 Å². The summed E-state index contributed by atoms with van der Waals surface area (Å²) < 4.78 is 54.5. The van der Waals surface area contributed by atoms with Gasteiger partial charge in [0.25, 0.3) is 0 Å². The van der Waals surface area contributed by atoms with Crippen LogP contribution in [0.5, 0.6) is 0 Å². The Morgan fingerprint density at radius 1 is 0.388 bits per heavy atom. The molecule has 0 aromatic heterocycles. The quantitative estimate of drug-likeness (QED) is 0.0168. The Morgan fingerprint density at radius 3 is 1.04 bits per heavy atom. The van der Waals surface area contributed by atoms with E-state index in [0.29, 0.717) is 52.9 Å². The van der Waals surface area contributed by atoms with E-state index in [2.05, 4.69) is 36.4 Å². The van der Waals surface area contributed by atoms with Crippen LogP contribution in [0.25, 0.3) is 43.1 Å². The van der Waals surface area contributed by atoms with Gasteiger partial charge < -0.3 is 52.5 Å². The van der Waals surface area contributed by atoms with Crippen molar-refractivity contribution >= 4 is 72.9 Å². The van der Waals surface area contributed by atoms with E-state index in [9.17, 15) is 29.1 Å². The number of rotatable bonds is 36. The molecule has 1 N–H and O–H groups in total. The van der Waals surface area contributed by atoms with Crippen LogP contribution < -0.4 is 0 Å². The normalized spacial score (nSPS) is 14.5. The second-order valence-corrected chi connectivity index (χ2v) is 22.6. The minimum Gasteiger partial charge on any atom is -0.481 e. The molecule has 16 heteroatoms. The number of hydrogen-bond donors (Lipinski definition) is 1. The van der Waals surface area contributed by atoms with Gasteiger partial charge in [0.2, 0.25) is 0 Å². The third kappa shape index (κ3) is 20.9. The van der Waals surface area contributed by atoms with Gasteiger partial charge in [-0.15, -0.1) is 0 Å². The van der Waals surface area contributed by atoms with E-state index in [1.54, 1.807) is 21.1 Å². The number of carbonyl (C=O) groups is 5. The molecule has 0 radical (unpaired) electrons. The molecule has 0 saturated carbocycles. The van der Waals surface area contributed by atoms with Crippen molar-refractivity contribution < 1.29 is 76.4 Å². The number of hydrogen-bond acceptors (Lipinski definition) is 15. The fourth-order valence-electron chi connectivity index (χ4n) is 10.9. The van der Waals surface area contributed by atoms with Gasteiger partial charge >= 0.3 is 29.8 Å². The van der Waals surface area contributed by atoms with Crippen molar-refractivity contribution in [1.29, 1.82) is 0 Å². The second-order valence-electron chi connectivity index (χ2n) is 22.6. The fraction of sp³-hybridized carbons (Fsp3) is 0.522. The zero-order valence-corrected chi connectivity index (χ0v) is 51.8. The molecule has 0 heterocycles. The Morgan fingerprint density at radius 2 is 0.706 bits per heavy atom. The minimum absolute atomic E-state index is 0.000126. The first-order chi connectivity index (χ1) is 40.9. The number of carbonyl (C=O) groups excluding carboxylic acids is 4. The summed E-state index contributed by atoms with van der Waals surface area (Å²) in [5.74, 6) is -6.61. The third-order valence-corrected chi connectivity index (χ3v) is 16.1. The van der Waals surface area contributed by atoms with Gasteiger partial charge in [0, 0.05) is 25.3 Å². The van der Waals surface area contributed by atoms with Gasteiger partial charge in [-0.05, 0) is 91.2 Å². The Balaban J connectivity index is 0.000000315. The Hall–Kier alpha value is -6.53. The number of esters is 4. The van der Waals surface area contributed by atoms with E-state index in [1.807, 2.05) is 128 Å². The van der Waals surface area contributed by atoms with E-state index in [-0.39, 0.29) is 81.7 Å². The highest BCUT2D eigenvalue weighted by Gasteiger charge is 2.40. The molecule has 0 aliphatic carbocycles. The predicted octanol–water partition coefficient (Wildman–Crippen LogP) is 12.3. The molecule has 8 unspecified atom stereocenters. The van der Waals surface area contributed by atoms with Crippen LogP contribution >= 0.6 is 0 Å². The standard InChI is InChI=1S/C37H50O9.C32H42O7/c1-24(2)32(35(38)39)21-25(3)34(37(41)45-20-19-44-18-17-43-16-15-42-6)26(4)27(5)36(40)46-23-33-30-13-9-7-11-28(30)22-29-12-8-10-14-31(29)33;1-22(2)30(32(34)38-19-18-37-17-16-36-15-14-35-5)23(3)24(4)31(33)39-21-29-27-12-8-6-10-25(27)20-26-11-7-9-13-28(26)29/h7-14,22,24-27,32,34H,15-21,23H2,1-6H3,(H,38,39);6-13,20,22-24,30H,14-19,21H2,1-5H3.